The van der Waals surface area contributed by atoms with Crippen LogP contribution in [0.1, 0.15) is 49.4 Å². The van der Waals surface area contributed by atoms with E-state index in [4.69, 9.17) is 4.74 Å². The molecule has 1 aromatic heterocycles. The van der Waals surface area contributed by atoms with E-state index in [1.807, 2.05) is 4.90 Å². The molecule has 0 aromatic carbocycles. The number of nitrogens with zero attached hydrogens (tertiary/aromatic N) is 2. The van der Waals surface area contributed by atoms with E-state index in [0.717, 1.165) is 51.1 Å². The zero-order valence-electron chi connectivity index (χ0n) is 13.7. The number of nitrogens with one attached hydrogen (secondary N) is 1. The second-order valence-corrected chi connectivity index (χ2v) is 5.62. The average Bonchev–Trinajstić information content (AvgIpc) is 2.77. The van der Waals surface area contributed by atoms with Crippen LogP contribution in [0.15, 0.2) is 18.3 Å². The summed E-state index contributed by atoms with van der Waals surface area (Å²) in [7, 11) is 0. The Morgan fingerprint density at radius 2 is 2.22 bits per heavy atom. The van der Waals surface area contributed by atoms with Gasteiger partial charge in [0.25, 0.3) is 0 Å². The molecule has 1 aliphatic rings. The molecule has 6 nitrogen and oxygen atoms in total. The van der Waals surface area contributed by atoms with Gasteiger partial charge in [-0.1, -0.05) is 6.42 Å². The largest absolute Gasteiger partial charge is 0.462 e. The highest BCUT2D eigenvalue weighted by molar-refractivity contribution is 5.89. The van der Waals surface area contributed by atoms with Gasteiger partial charge in [0.1, 0.15) is 5.82 Å². The number of rotatable bonds is 7. The van der Waals surface area contributed by atoms with Crippen molar-refractivity contribution in [2.24, 2.45) is 0 Å². The first-order chi connectivity index (χ1) is 11.2. The normalized spacial score (nSPS) is 15.2. The predicted octanol–water partition coefficient (Wildman–Crippen LogP) is 2.46. The van der Waals surface area contributed by atoms with Crippen LogP contribution in [-0.4, -0.2) is 48.0 Å². The lowest BCUT2D eigenvalue weighted by Crippen LogP contribution is -2.32. The van der Waals surface area contributed by atoms with Gasteiger partial charge in [-0.15, -0.1) is 0 Å². The number of carbonyl (C=O) groups is 2. The minimum Gasteiger partial charge on any atom is -0.462 e. The topological polar surface area (TPSA) is 71.5 Å². The zero-order chi connectivity index (χ0) is 16.5. The van der Waals surface area contributed by atoms with Gasteiger partial charge < -0.3 is 15.0 Å². The Bertz CT molecular complexity index is 516. The van der Waals surface area contributed by atoms with Gasteiger partial charge >= 0.3 is 5.97 Å². The fourth-order valence-electron chi connectivity index (χ4n) is 2.59. The Morgan fingerprint density at radius 3 is 2.96 bits per heavy atom. The van der Waals surface area contributed by atoms with Gasteiger partial charge in [0.15, 0.2) is 0 Å². The van der Waals surface area contributed by atoms with Crippen molar-refractivity contribution in [2.75, 3.05) is 31.6 Å². The van der Waals surface area contributed by atoms with Crippen molar-refractivity contribution in [3.05, 3.63) is 23.9 Å². The number of hydrogen-bond acceptors (Lipinski definition) is 5. The zero-order valence-corrected chi connectivity index (χ0v) is 13.7. The third-order valence-electron chi connectivity index (χ3n) is 3.86. The van der Waals surface area contributed by atoms with E-state index in [1.165, 1.54) is 6.20 Å². The van der Waals surface area contributed by atoms with E-state index in [-0.39, 0.29) is 11.9 Å². The van der Waals surface area contributed by atoms with Crippen LogP contribution in [0.4, 0.5) is 5.82 Å². The van der Waals surface area contributed by atoms with Crippen LogP contribution in [0.2, 0.25) is 0 Å². The molecule has 0 aliphatic carbocycles. The van der Waals surface area contributed by atoms with Gasteiger partial charge in [-0.05, 0) is 38.3 Å². The molecule has 1 fully saturated rings. The van der Waals surface area contributed by atoms with Crippen molar-refractivity contribution >= 4 is 17.7 Å². The summed E-state index contributed by atoms with van der Waals surface area (Å²) in [5.74, 6) is 0.644. The van der Waals surface area contributed by atoms with Crippen LogP contribution in [0.25, 0.3) is 0 Å². The van der Waals surface area contributed by atoms with Crippen molar-refractivity contribution in [2.45, 2.75) is 39.0 Å². The molecule has 2 heterocycles. The molecule has 2 rings (SSSR count). The standard InChI is InChI=1S/C17H25N3O3/c1-2-23-17(22)14-8-9-15(19-13-14)18-10-6-12-20-11-5-3-4-7-16(20)21/h8-9,13H,2-7,10-12H2,1H3,(H,18,19). The van der Waals surface area contributed by atoms with Crippen LogP contribution in [0, 0.1) is 0 Å². The Hall–Kier alpha value is -2.11. The molecule has 0 spiro atoms. The highest BCUT2D eigenvalue weighted by Crippen LogP contribution is 2.11. The molecule has 1 aromatic rings. The highest BCUT2D eigenvalue weighted by Gasteiger charge is 2.15. The first-order valence-electron chi connectivity index (χ1n) is 8.35. The number of carbonyl (C=O) groups excluding carboxylic acids is 2. The quantitative estimate of drug-likeness (QED) is 0.617. The molecule has 0 bridgehead atoms. The summed E-state index contributed by atoms with van der Waals surface area (Å²) in [4.78, 5) is 29.6. The van der Waals surface area contributed by atoms with E-state index in [0.29, 0.717) is 18.6 Å². The fraction of sp³-hybridized carbons (Fsp3) is 0.588. The smallest absolute Gasteiger partial charge is 0.339 e. The molecule has 23 heavy (non-hydrogen) atoms. The number of hydrogen-bond donors (Lipinski definition) is 1. The number of amides is 1. The Labute approximate surface area is 137 Å². The number of ether oxygens (including phenoxy) is 1. The minimum atomic E-state index is -0.355. The number of esters is 1. The molecular formula is C17H25N3O3. The Morgan fingerprint density at radius 1 is 1.35 bits per heavy atom. The molecule has 0 radical (unpaired) electrons. The number of pyridine rings is 1. The minimum absolute atomic E-state index is 0.277. The lowest BCUT2D eigenvalue weighted by molar-refractivity contribution is -0.130. The van der Waals surface area contributed by atoms with Gasteiger partial charge in [0.05, 0.1) is 12.2 Å². The Kier molecular flexibility index (Phi) is 6.84. The van der Waals surface area contributed by atoms with Gasteiger partial charge in [-0.3, -0.25) is 4.79 Å². The van der Waals surface area contributed by atoms with Crippen molar-refractivity contribution in [3.8, 4) is 0 Å². The van der Waals surface area contributed by atoms with Crippen LogP contribution >= 0.6 is 0 Å². The number of anilines is 1. The summed E-state index contributed by atoms with van der Waals surface area (Å²) >= 11 is 0. The molecule has 1 amide bonds. The molecule has 1 aliphatic heterocycles. The van der Waals surface area contributed by atoms with Crippen molar-refractivity contribution in [1.29, 1.82) is 0 Å². The molecule has 1 N–H and O–H groups in total. The maximum atomic E-state index is 11.9. The molecule has 1 saturated heterocycles. The first kappa shape index (κ1) is 17.2. The molecule has 6 heteroatoms. The monoisotopic (exact) mass is 319 g/mol. The maximum absolute atomic E-state index is 11.9. The van der Waals surface area contributed by atoms with Crippen LogP contribution in [-0.2, 0) is 9.53 Å². The van der Waals surface area contributed by atoms with E-state index < -0.39 is 0 Å². The molecule has 0 saturated carbocycles. The third-order valence-corrected chi connectivity index (χ3v) is 3.86. The van der Waals surface area contributed by atoms with Crippen molar-refractivity contribution in [1.82, 2.24) is 9.88 Å². The lowest BCUT2D eigenvalue weighted by atomic mass is 10.2. The fourth-order valence-corrected chi connectivity index (χ4v) is 2.59. The SMILES string of the molecule is CCOC(=O)c1ccc(NCCCN2CCCCCC2=O)nc1. The lowest BCUT2D eigenvalue weighted by Gasteiger charge is -2.20. The van der Waals surface area contributed by atoms with Crippen molar-refractivity contribution < 1.29 is 14.3 Å². The van der Waals surface area contributed by atoms with Crippen LogP contribution < -0.4 is 5.32 Å². The summed E-state index contributed by atoms with van der Waals surface area (Å²) in [5.41, 5.74) is 0.451. The van der Waals surface area contributed by atoms with Gasteiger partial charge in [0, 0.05) is 32.3 Å². The van der Waals surface area contributed by atoms with Crippen LogP contribution in [0.3, 0.4) is 0 Å². The van der Waals surface area contributed by atoms with Crippen molar-refractivity contribution in [3.63, 3.8) is 0 Å². The van der Waals surface area contributed by atoms with E-state index in [1.54, 1.807) is 19.1 Å². The Balaban J connectivity index is 1.71. The second-order valence-electron chi connectivity index (χ2n) is 5.62. The summed E-state index contributed by atoms with van der Waals surface area (Å²) in [6.07, 6.45) is 6.35. The van der Waals surface area contributed by atoms with E-state index >= 15 is 0 Å². The van der Waals surface area contributed by atoms with Gasteiger partial charge in [-0.2, -0.15) is 0 Å². The summed E-state index contributed by atoms with van der Waals surface area (Å²) < 4.78 is 4.92. The number of likely N-dealkylation sites (tertiary alicyclic amines) is 1. The third kappa shape index (κ3) is 5.54. The highest BCUT2D eigenvalue weighted by atomic mass is 16.5. The maximum Gasteiger partial charge on any atom is 0.339 e. The summed E-state index contributed by atoms with van der Waals surface area (Å²) in [6, 6.07) is 3.47. The van der Waals surface area contributed by atoms with Crippen LogP contribution in [0.5, 0.6) is 0 Å². The molecule has 0 unspecified atom stereocenters. The molecular weight excluding hydrogens is 294 g/mol. The summed E-state index contributed by atoms with van der Waals surface area (Å²) in [5, 5.41) is 3.21. The predicted molar refractivity (Wildman–Crippen MR) is 88.3 cm³/mol. The van der Waals surface area contributed by atoms with Gasteiger partial charge in [0.2, 0.25) is 5.91 Å². The van der Waals surface area contributed by atoms with Gasteiger partial charge in [-0.25, -0.2) is 9.78 Å². The second kappa shape index (κ2) is 9.12. The first-order valence-corrected chi connectivity index (χ1v) is 8.35. The molecule has 126 valence electrons. The number of aromatic nitrogens is 1. The van der Waals surface area contributed by atoms with E-state index in [9.17, 15) is 9.59 Å². The van der Waals surface area contributed by atoms with E-state index in [2.05, 4.69) is 10.3 Å². The summed E-state index contributed by atoms with van der Waals surface area (Å²) in [6.45, 7) is 4.54. The average molecular weight is 319 g/mol. The molecule has 0 atom stereocenters.